The van der Waals surface area contributed by atoms with E-state index in [1.807, 2.05) is 12.1 Å². The molecule has 1 aromatic rings. The molecule has 3 N–H and O–H groups in total. The zero-order chi connectivity index (χ0) is 10.3. The summed E-state index contributed by atoms with van der Waals surface area (Å²) in [7, 11) is 0. The number of quaternary nitrogens is 2. The molecule has 0 radical (unpaired) electrons. The molecule has 1 aliphatic rings. The molecule has 0 bridgehead atoms. The fourth-order valence-electron chi connectivity index (χ4n) is 1.89. The van der Waals surface area contributed by atoms with Crippen molar-refractivity contribution in [2.75, 3.05) is 39.4 Å². The molecule has 1 aromatic heterocycles. The van der Waals surface area contributed by atoms with E-state index >= 15 is 0 Å². The molecule has 0 spiro atoms. The van der Waals surface area contributed by atoms with Gasteiger partial charge in [0, 0.05) is 0 Å². The van der Waals surface area contributed by atoms with Crippen LogP contribution in [0.25, 0.3) is 0 Å². The summed E-state index contributed by atoms with van der Waals surface area (Å²) in [5.74, 6) is 1.06. The molecule has 0 amide bonds. The molecule has 15 heavy (non-hydrogen) atoms. The van der Waals surface area contributed by atoms with Crippen LogP contribution in [-0.2, 0) is 11.3 Å². The Morgan fingerprint density at radius 3 is 2.93 bits per heavy atom. The summed E-state index contributed by atoms with van der Waals surface area (Å²) in [6, 6.07) is 3.97. The summed E-state index contributed by atoms with van der Waals surface area (Å²) in [5, 5.41) is 2.31. The van der Waals surface area contributed by atoms with Gasteiger partial charge in [-0.3, -0.25) is 0 Å². The normalized spacial score (nSPS) is 18.1. The summed E-state index contributed by atoms with van der Waals surface area (Å²) in [6.45, 7) is 7.51. The molecule has 84 valence electrons. The van der Waals surface area contributed by atoms with Crippen molar-refractivity contribution in [2.24, 2.45) is 0 Å². The second-order valence-electron chi connectivity index (χ2n) is 3.97. The van der Waals surface area contributed by atoms with E-state index in [0.717, 1.165) is 45.2 Å². The van der Waals surface area contributed by atoms with Crippen molar-refractivity contribution < 1.29 is 19.4 Å². The lowest BCUT2D eigenvalue weighted by atomic mass is 10.4. The van der Waals surface area contributed by atoms with E-state index in [2.05, 4.69) is 5.32 Å². The maximum Gasteiger partial charge on any atom is 0.157 e. The third-order valence-electron chi connectivity index (χ3n) is 2.83. The zero-order valence-electron chi connectivity index (χ0n) is 9.08. The van der Waals surface area contributed by atoms with Crippen molar-refractivity contribution in [3.8, 4) is 0 Å². The zero-order valence-corrected chi connectivity index (χ0v) is 9.08. The van der Waals surface area contributed by atoms with Gasteiger partial charge < -0.3 is 19.4 Å². The summed E-state index contributed by atoms with van der Waals surface area (Å²) < 4.78 is 10.6. The van der Waals surface area contributed by atoms with Crippen LogP contribution in [-0.4, -0.2) is 39.4 Å². The Balaban J connectivity index is 1.54. The maximum atomic E-state index is 5.32. The van der Waals surface area contributed by atoms with Gasteiger partial charge in [0.25, 0.3) is 0 Å². The van der Waals surface area contributed by atoms with Gasteiger partial charge in [-0.25, -0.2) is 0 Å². The molecule has 2 heterocycles. The maximum absolute atomic E-state index is 5.32. The van der Waals surface area contributed by atoms with Gasteiger partial charge in [-0.2, -0.15) is 0 Å². The number of ether oxygens (including phenoxy) is 1. The molecule has 0 saturated carbocycles. The first-order valence-electron chi connectivity index (χ1n) is 5.70. The van der Waals surface area contributed by atoms with Crippen LogP contribution in [0.5, 0.6) is 0 Å². The molecule has 1 saturated heterocycles. The van der Waals surface area contributed by atoms with Crippen molar-refractivity contribution in [3.63, 3.8) is 0 Å². The molecular formula is C11H20N2O2+2. The molecule has 2 rings (SSSR count). The number of morpholine rings is 1. The van der Waals surface area contributed by atoms with Gasteiger partial charge in [-0.15, -0.1) is 0 Å². The predicted octanol–water partition coefficient (Wildman–Crippen LogP) is -1.74. The second kappa shape index (κ2) is 5.90. The van der Waals surface area contributed by atoms with Crippen LogP contribution in [0.2, 0.25) is 0 Å². The van der Waals surface area contributed by atoms with E-state index < -0.39 is 0 Å². The Hall–Kier alpha value is -0.840. The van der Waals surface area contributed by atoms with Gasteiger partial charge >= 0.3 is 0 Å². The topological polar surface area (TPSA) is 43.4 Å². The van der Waals surface area contributed by atoms with E-state index in [4.69, 9.17) is 9.15 Å². The second-order valence-corrected chi connectivity index (χ2v) is 3.97. The number of rotatable bonds is 5. The molecule has 0 unspecified atom stereocenters. The lowest BCUT2D eigenvalue weighted by Gasteiger charge is -2.22. The third-order valence-corrected chi connectivity index (χ3v) is 2.83. The fourth-order valence-corrected chi connectivity index (χ4v) is 1.89. The minimum Gasteiger partial charge on any atom is -0.463 e. The predicted molar refractivity (Wildman–Crippen MR) is 55.6 cm³/mol. The van der Waals surface area contributed by atoms with Crippen LogP contribution in [0.15, 0.2) is 22.8 Å². The van der Waals surface area contributed by atoms with Gasteiger partial charge in [-0.1, -0.05) is 0 Å². The average molecular weight is 212 g/mol. The van der Waals surface area contributed by atoms with E-state index in [-0.39, 0.29) is 0 Å². The Morgan fingerprint density at radius 2 is 2.20 bits per heavy atom. The van der Waals surface area contributed by atoms with Gasteiger partial charge in [0.05, 0.1) is 19.5 Å². The molecule has 1 fully saturated rings. The number of nitrogens with one attached hydrogen (secondary N) is 1. The van der Waals surface area contributed by atoms with E-state index in [9.17, 15) is 0 Å². The summed E-state index contributed by atoms with van der Waals surface area (Å²) >= 11 is 0. The van der Waals surface area contributed by atoms with Crippen molar-refractivity contribution in [2.45, 2.75) is 6.54 Å². The number of nitrogens with two attached hydrogens (primary N) is 1. The van der Waals surface area contributed by atoms with Crippen molar-refractivity contribution in [1.29, 1.82) is 0 Å². The highest BCUT2D eigenvalue weighted by atomic mass is 16.5. The van der Waals surface area contributed by atoms with Crippen LogP contribution in [0, 0.1) is 0 Å². The molecule has 0 atom stereocenters. The van der Waals surface area contributed by atoms with Gasteiger partial charge in [0.1, 0.15) is 32.7 Å². The van der Waals surface area contributed by atoms with E-state index in [1.165, 1.54) is 6.54 Å². The van der Waals surface area contributed by atoms with Crippen molar-refractivity contribution in [3.05, 3.63) is 24.2 Å². The molecule has 4 nitrogen and oxygen atoms in total. The summed E-state index contributed by atoms with van der Waals surface area (Å²) in [4.78, 5) is 1.66. The van der Waals surface area contributed by atoms with Crippen molar-refractivity contribution in [1.82, 2.24) is 0 Å². The lowest BCUT2D eigenvalue weighted by Crippen LogP contribution is -3.16. The Bertz CT molecular complexity index is 256. The first-order valence-corrected chi connectivity index (χ1v) is 5.70. The smallest absolute Gasteiger partial charge is 0.157 e. The standard InChI is InChI=1S/C11H18N2O2/c1-2-11(15-7-1)10-12-3-4-13-5-8-14-9-6-13/h1-2,7,12H,3-6,8-10H2/p+2. The quantitative estimate of drug-likeness (QED) is 0.569. The monoisotopic (exact) mass is 212 g/mol. The molecule has 4 heteroatoms. The van der Waals surface area contributed by atoms with Crippen LogP contribution in [0.1, 0.15) is 5.76 Å². The molecule has 0 aliphatic carbocycles. The van der Waals surface area contributed by atoms with Gasteiger partial charge in [0.2, 0.25) is 0 Å². The number of hydrogen-bond donors (Lipinski definition) is 2. The van der Waals surface area contributed by atoms with Crippen molar-refractivity contribution >= 4 is 0 Å². The fraction of sp³-hybridized carbons (Fsp3) is 0.636. The molecular weight excluding hydrogens is 192 g/mol. The minimum absolute atomic E-state index is 0.924. The lowest BCUT2D eigenvalue weighted by molar-refractivity contribution is -0.920. The summed E-state index contributed by atoms with van der Waals surface area (Å²) in [6.07, 6.45) is 1.73. The first-order chi connectivity index (χ1) is 7.45. The molecule has 1 aliphatic heterocycles. The number of furan rings is 1. The highest BCUT2D eigenvalue weighted by Gasteiger charge is 2.13. The third kappa shape index (κ3) is 3.66. The van der Waals surface area contributed by atoms with Crippen LogP contribution >= 0.6 is 0 Å². The SMILES string of the molecule is c1coc(C[NH2+]CC[NH+]2CCOCC2)c1. The first kappa shape index (κ1) is 10.7. The largest absolute Gasteiger partial charge is 0.463 e. The van der Waals surface area contributed by atoms with Gasteiger partial charge in [-0.05, 0) is 12.1 Å². The van der Waals surface area contributed by atoms with Crippen LogP contribution in [0.4, 0.5) is 0 Å². The minimum atomic E-state index is 0.924. The Morgan fingerprint density at radius 1 is 1.33 bits per heavy atom. The average Bonchev–Trinajstić information content (AvgIpc) is 2.79. The number of hydrogen-bond acceptors (Lipinski definition) is 2. The van der Waals surface area contributed by atoms with Crippen LogP contribution < -0.4 is 10.2 Å². The highest BCUT2D eigenvalue weighted by Crippen LogP contribution is 1.95. The Kier molecular flexibility index (Phi) is 4.20. The van der Waals surface area contributed by atoms with E-state index in [0.29, 0.717) is 0 Å². The highest BCUT2D eigenvalue weighted by molar-refractivity contribution is 4.95. The van der Waals surface area contributed by atoms with Gasteiger partial charge in [0.15, 0.2) is 5.76 Å². The summed E-state index contributed by atoms with van der Waals surface area (Å²) in [5.41, 5.74) is 0. The molecule has 0 aromatic carbocycles. The van der Waals surface area contributed by atoms with Crippen LogP contribution in [0.3, 0.4) is 0 Å². The Labute approximate surface area is 90.2 Å². The van der Waals surface area contributed by atoms with E-state index in [1.54, 1.807) is 11.2 Å².